The lowest BCUT2D eigenvalue weighted by atomic mass is 9.98. The Balaban J connectivity index is 2.65. The van der Waals surface area contributed by atoms with Crippen LogP contribution in [-0.4, -0.2) is 25.2 Å². The molecule has 27 heavy (non-hydrogen) atoms. The lowest BCUT2D eigenvalue weighted by Gasteiger charge is -2.21. The molecule has 1 unspecified atom stereocenters. The summed E-state index contributed by atoms with van der Waals surface area (Å²) >= 11 is 0. The monoisotopic (exact) mass is 388 g/mol. The zero-order valence-corrected chi connectivity index (χ0v) is 17.1. The first-order valence-corrected chi connectivity index (χ1v) is 10.3. The van der Waals surface area contributed by atoms with Gasteiger partial charge in [-0.2, -0.15) is 0 Å². The van der Waals surface area contributed by atoms with E-state index in [4.69, 9.17) is 4.52 Å². The summed E-state index contributed by atoms with van der Waals surface area (Å²) < 4.78 is 19.1. The van der Waals surface area contributed by atoms with Gasteiger partial charge in [0.25, 0.3) is 5.52 Å². The van der Waals surface area contributed by atoms with Gasteiger partial charge in [0.1, 0.15) is 0 Å². The second kappa shape index (κ2) is 8.51. The van der Waals surface area contributed by atoms with Gasteiger partial charge in [0.15, 0.2) is 0 Å². The maximum Gasteiger partial charge on any atom is 0.318 e. The Morgan fingerprint density at radius 1 is 1.07 bits per heavy atom. The summed E-state index contributed by atoms with van der Waals surface area (Å²) in [7, 11) is -2.27. The van der Waals surface area contributed by atoms with E-state index in [1.165, 1.54) is 7.05 Å². The fraction of sp³-hybridized carbons (Fsp3) is 0.300. The highest BCUT2D eigenvalue weighted by Crippen LogP contribution is 2.50. The second-order valence-electron chi connectivity index (χ2n) is 6.20. The molecule has 0 saturated carbocycles. The summed E-state index contributed by atoms with van der Waals surface area (Å²) in [6.45, 7) is 7.22. The van der Waals surface area contributed by atoms with Crippen molar-refractivity contribution in [2.24, 2.45) is 0 Å². The molecule has 2 N–H and O–H groups in total. The van der Waals surface area contributed by atoms with Gasteiger partial charge in [0.05, 0.1) is 6.61 Å². The average Bonchev–Trinajstić information content (AvgIpc) is 2.65. The smallest absolute Gasteiger partial charge is 0.318 e. The van der Waals surface area contributed by atoms with Crippen LogP contribution in [0.3, 0.4) is 0 Å². The van der Waals surface area contributed by atoms with E-state index in [0.29, 0.717) is 27.7 Å². The standard InChI is InChI=1S/C20H25N2O4P/c1-6-26-27(25,16-10-8-7-9-11-16)19(23)17-13(2)12-14(3)18(15(17)4)22-20(24)21-5/h7-12H,6H2,1-5H3,(H2,21,22,24). The normalized spacial score (nSPS) is 12.9. The van der Waals surface area contributed by atoms with E-state index in [1.54, 1.807) is 57.2 Å². The van der Waals surface area contributed by atoms with Crippen LogP contribution >= 0.6 is 7.37 Å². The molecule has 144 valence electrons. The molecule has 2 aromatic carbocycles. The van der Waals surface area contributed by atoms with Crippen molar-refractivity contribution in [2.75, 3.05) is 19.0 Å². The molecule has 0 aliphatic rings. The van der Waals surface area contributed by atoms with Crippen LogP contribution in [0.5, 0.6) is 0 Å². The van der Waals surface area contributed by atoms with E-state index in [2.05, 4.69) is 10.6 Å². The molecular formula is C20H25N2O4P. The predicted octanol–water partition coefficient (Wildman–Crippen LogP) is 4.14. The minimum Gasteiger partial charge on any atom is -0.341 e. The number of anilines is 1. The molecule has 2 aromatic rings. The molecule has 0 aliphatic heterocycles. The number of nitrogens with one attached hydrogen (secondary N) is 2. The fourth-order valence-electron chi connectivity index (χ4n) is 3.09. The molecule has 0 bridgehead atoms. The number of hydrogen-bond acceptors (Lipinski definition) is 4. The lowest BCUT2D eigenvalue weighted by Crippen LogP contribution is -2.26. The van der Waals surface area contributed by atoms with Crippen LogP contribution in [0.25, 0.3) is 0 Å². The maximum absolute atomic E-state index is 13.6. The SMILES string of the molecule is CCOP(=O)(C(=O)c1c(C)cc(C)c(NC(=O)NC)c1C)c1ccccc1. The highest BCUT2D eigenvalue weighted by molar-refractivity contribution is 7.83. The Bertz CT molecular complexity index is 910. The van der Waals surface area contributed by atoms with E-state index in [-0.39, 0.29) is 12.6 Å². The molecule has 0 heterocycles. The molecule has 0 aromatic heterocycles. The number of hydrogen-bond donors (Lipinski definition) is 2. The van der Waals surface area contributed by atoms with Crippen molar-refractivity contribution in [1.82, 2.24) is 5.32 Å². The van der Waals surface area contributed by atoms with Gasteiger partial charge in [-0.15, -0.1) is 0 Å². The summed E-state index contributed by atoms with van der Waals surface area (Å²) in [6.07, 6.45) is 0. The van der Waals surface area contributed by atoms with Crippen molar-refractivity contribution in [1.29, 1.82) is 0 Å². The van der Waals surface area contributed by atoms with Crippen molar-refractivity contribution in [3.8, 4) is 0 Å². The number of aryl methyl sites for hydroxylation is 2. The minimum absolute atomic E-state index is 0.144. The van der Waals surface area contributed by atoms with Gasteiger partial charge in [-0.3, -0.25) is 9.36 Å². The minimum atomic E-state index is -3.78. The van der Waals surface area contributed by atoms with Gasteiger partial charge in [-0.1, -0.05) is 24.3 Å². The summed E-state index contributed by atoms with van der Waals surface area (Å²) in [6, 6.07) is 9.92. The van der Waals surface area contributed by atoms with Gasteiger partial charge in [-0.25, -0.2) is 4.79 Å². The molecule has 2 rings (SSSR count). The Hall–Kier alpha value is -2.43. The molecule has 0 radical (unpaired) electrons. The molecular weight excluding hydrogens is 363 g/mol. The Morgan fingerprint density at radius 3 is 2.26 bits per heavy atom. The number of amides is 2. The highest BCUT2D eigenvalue weighted by atomic mass is 31.2. The van der Waals surface area contributed by atoms with Gasteiger partial charge < -0.3 is 15.2 Å². The van der Waals surface area contributed by atoms with Crippen molar-refractivity contribution in [2.45, 2.75) is 27.7 Å². The second-order valence-corrected chi connectivity index (χ2v) is 8.48. The van der Waals surface area contributed by atoms with Crippen LogP contribution < -0.4 is 15.9 Å². The number of urea groups is 1. The fourth-order valence-corrected chi connectivity index (χ4v) is 5.15. The molecule has 7 heteroatoms. The van der Waals surface area contributed by atoms with Gasteiger partial charge in [-0.05, 0) is 56.5 Å². The number of carbonyl (C=O) groups excluding carboxylic acids is 2. The Kier molecular flexibility index (Phi) is 6.58. The zero-order valence-electron chi connectivity index (χ0n) is 16.3. The van der Waals surface area contributed by atoms with Crippen LogP contribution in [0.4, 0.5) is 10.5 Å². The van der Waals surface area contributed by atoms with E-state index in [0.717, 1.165) is 5.56 Å². The van der Waals surface area contributed by atoms with Crippen molar-refractivity contribution >= 4 is 29.9 Å². The summed E-state index contributed by atoms with van der Waals surface area (Å²) in [5.74, 6) is 0. The predicted molar refractivity (Wildman–Crippen MR) is 108 cm³/mol. The number of carbonyl (C=O) groups is 2. The van der Waals surface area contributed by atoms with E-state index in [9.17, 15) is 14.2 Å². The van der Waals surface area contributed by atoms with Crippen LogP contribution in [0.2, 0.25) is 0 Å². The van der Waals surface area contributed by atoms with Gasteiger partial charge in [0, 0.05) is 23.6 Å². The third kappa shape index (κ3) is 4.12. The molecule has 0 fully saturated rings. The Labute approximate surface area is 159 Å². The van der Waals surface area contributed by atoms with Crippen molar-refractivity contribution < 1.29 is 18.7 Å². The van der Waals surface area contributed by atoms with E-state index >= 15 is 0 Å². The van der Waals surface area contributed by atoms with Crippen LogP contribution in [-0.2, 0) is 9.09 Å². The molecule has 6 nitrogen and oxygen atoms in total. The quantitative estimate of drug-likeness (QED) is 0.729. The summed E-state index contributed by atoms with van der Waals surface area (Å²) in [5.41, 5.74) is 2.35. The van der Waals surface area contributed by atoms with Crippen LogP contribution in [0.15, 0.2) is 36.4 Å². The van der Waals surface area contributed by atoms with Crippen molar-refractivity contribution in [3.05, 3.63) is 58.7 Å². The highest BCUT2D eigenvalue weighted by Gasteiger charge is 2.38. The zero-order chi connectivity index (χ0) is 20.2. The topological polar surface area (TPSA) is 84.5 Å². The van der Waals surface area contributed by atoms with E-state index in [1.807, 2.05) is 6.92 Å². The van der Waals surface area contributed by atoms with Crippen LogP contribution in [0.1, 0.15) is 34.0 Å². The van der Waals surface area contributed by atoms with Crippen molar-refractivity contribution in [3.63, 3.8) is 0 Å². The summed E-state index contributed by atoms with van der Waals surface area (Å²) in [4.78, 5) is 25.2. The average molecular weight is 388 g/mol. The first kappa shape index (κ1) is 20.9. The largest absolute Gasteiger partial charge is 0.341 e. The molecule has 0 spiro atoms. The third-order valence-corrected chi connectivity index (χ3v) is 6.68. The maximum atomic E-state index is 13.6. The third-order valence-electron chi connectivity index (χ3n) is 4.33. The molecule has 0 aliphatic carbocycles. The van der Waals surface area contributed by atoms with Gasteiger partial charge >= 0.3 is 13.4 Å². The number of benzene rings is 2. The number of rotatable bonds is 6. The van der Waals surface area contributed by atoms with Gasteiger partial charge in [0.2, 0.25) is 0 Å². The first-order valence-electron chi connectivity index (χ1n) is 8.70. The molecule has 1 atom stereocenters. The Morgan fingerprint density at radius 2 is 1.70 bits per heavy atom. The van der Waals surface area contributed by atoms with E-state index < -0.39 is 12.9 Å². The molecule has 0 saturated heterocycles. The first-order chi connectivity index (χ1) is 12.8. The molecule has 2 amide bonds. The lowest BCUT2D eigenvalue weighted by molar-refractivity contribution is 0.105. The van der Waals surface area contributed by atoms with Crippen LogP contribution in [0, 0.1) is 20.8 Å². The summed E-state index contributed by atoms with van der Waals surface area (Å²) in [5, 5.41) is 5.59.